The third-order valence-electron chi connectivity index (χ3n) is 7.42. The third kappa shape index (κ3) is 5.39. The van der Waals surface area contributed by atoms with Gasteiger partial charge in [-0.05, 0) is 36.7 Å². The SMILES string of the molecule is Cn1c(COc2cnc3cc(N4CCOCC4)nc(OC4CCC(n5cc(F)cn5)CC4)c3c2)cnc1[N+](=O)[O-]. The fourth-order valence-corrected chi connectivity index (χ4v) is 5.18. The van der Waals surface area contributed by atoms with Crippen LogP contribution in [0.3, 0.4) is 0 Å². The molecule has 0 unspecified atom stereocenters. The predicted octanol–water partition coefficient (Wildman–Crippen LogP) is 3.59. The topological polar surface area (TPSA) is 135 Å². The Balaban J connectivity index is 1.23. The van der Waals surface area contributed by atoms with Crippen LogP contribution in [0.4, 0.5) is 16.2 Å². The van der Waals surface area contributed by atoms with E-state index in [1.807, 2.05) is 12.1 Å². The summed E-state index contributed by atoms with van der Waals surface area (Å²) in [5.41, 5.74) is 1.27. The highest BCUT2D eigenvalue weighted by atomic mass is 19.1. The van der Waals surface area contributed by atoms with Crippen LogP contribution in [0, 0.1) is 15.9 Å². The first-order valence-electron chi connectivity index (χ1n) is 13.2. The Morgan fingerprint density at radius 3 is 2.62 bits per heavy atom. The van der Waals surface area contributed by atoms with Crippen molar-refractivity contribution in [3.8, 4) is 11.6 Å². The summed E-state index contributed by atoms with van der Waals surface area (Å²) >= 11 is 0. The first-order chi connectivity index (χ1) is 19.4. The van der Waals surface area contributed by atoms with Crippen LogP contribution in [0.5, 0.6) is 11.6 Å². The Morgan fingerprint density at radius 2 is 1.93 bits per heavy atom. The molecule has 2 aliphatic rings. The van der Waals surface area contributed by atoms with Crippen molar-refractivity contribution in [1.29, 1.82) is 0 Å². The minimum absolute atomic E-state index is 0.0631. The van der Waals surface area contributed by atoms with Crippen LogP contribution in [0.2, 0.25) is 0 Å². The molecule has 4 aromatic rings. The summed E-state index contributed by atoms with van der Waals surface area (Å²) in [6.07, 6.45) is 8.83. The highest BCUT2D eigenvalue weighted by Gasteiger charge is 2.26. The number of ether oxygens (including phenoxy) is 3. The second kappa shape index (κ2) is 11.0. The minimum atomic E-state index is -0.538. The zero-order valence-corrected chi connectivity index (χ0v) is 22.0. The molecule has 5 heterocycles. The fraction of sp³-hybridized carbons (Fsp3) is 0.462. The summed E-state index contributed by atoms with van der Waals surface area (Å²) in [5.74, 6) is 1.14. The molecule has 6 rings (SSSR count). The molecule has 0 atom stereocenters. The van der Waals surface area contributed by atoms with Crippen molar-refractivity contribution in [1.82, 2.24) is 29.3 Å². The van der Waals surface area contributed by atoms with Crippen molar-refractivity contribution in [3.63, 3.8) is 0 Å². The van der Waals surface area contributed by atoms with E-state index in [0.29, 0.717) is 35.9 Å². The van der Waals surface area contributed by atoms with Gasteiger partial charge in [-0.25, -0.2) is 8.96 Å². The van der Waals surface area contributed by atoms with E-state index < -0.39 is 4.92 Å². The first-order valence-corrected chi connectivity index (χ1v) is 13.2. The molecule has 210 valence electrons. The molecule has 13 nitrogen and oxygen atoms in total. The number of halogens is 1. The molecule has 40 heavy (non-hydrogen) atoms. The molecule has 1 saturated heterocycles. The summed E-state index contributed by atoms with van der Waals surface area (Å²) in [4.78, 5) is 26.1. The largest absolute Gasteiger partial charge is 0.484 e. The van der Waals surface area contributed by atoms with Crippen LogP contribution < -0.4 is 14.4 Å². The van der Waals surface area contributed by atoms with E-state index in [9.17, 15) is 14.5 Å². The van der Waals surface area contributed by atoms with Crippen molar-refractivity contribution in [2.24, 2.45) is 7.05 Å². The van der Waals surface area contributed by atoms with Crippen molar-refractivity contribution in [2.45, 2.75) is 44.4 Å². The molecule has 1 saturated carbocycles. The standard InChI is InChI=1S/C26H29FN8O5/c1-32-19(13-29-26(32)35(36)37)16-39-21-10-22-23(28-14-21)11-24(33-6-8-38-9-7-33)31-25(22)40-20-4-2-18(3-5-20)34-15-17(27)12-30-34/h10-15,18,20H,2-9,16H2,1H3. The summed E-state index contributed by atoms with van der Waals surface area (Å²) in [6, 6.07) is 3.90. The number of aromatic nitrogens is 6. The number of morpholine rings is 1. The minimum Gasteiger partial charge on any atom is -0.484 e. The van der Waals surface area contributed by atoms with E-state index in [2.05, 4.69) is 20.0 Å². The third-order valence-corrected chi connectivity index (χ3v) is 7.42. The molecule has 4 aromatic heterocycles. The molecule has 1 aliphatic heterocycles. The van der Waals surface area contributed by atoms with Gasteiger partial charge in [0.15, 0.2) is 11.5 Å². The Hall–Kier alpha value is -4.33. The number of fused-ring (bicyclic) bond motifs is 1. The molecule has 0 N–H and O–H groups in total. The van der Waals surface area contributed by atoms with E-state index in [1.165, 1.54) is 23.2 Å². The van der Waals surface area contributed by atoms with E-state index in [1.54, 1.807) is 17.9 Å². The molecular formula is C26H29FN8O5. The van der Waals surface area contributed by atoms with Gasteiger partial charge in [0, 0.05) is 19.2 Å². The predicted molar refractivity (Wildman–Crippen MR) is 141 cm³/mol. The average Bonchev–Trinajstić information content (AvgIpc) is 3.58. The second-order valence-corrected chi connectivity index (χ2v) is 9.96. The lowest BCUT2D eigenvalue weighted by atomic mass is 9.93. The molecule has 0 bridgehead atoms. The van der Waals surface area contributed by atoms with Gasteiger partial charge in [0.05, 0.1) is 55.8 Å². The maximum atomic E-state index is 13.4. The van der Waals surface area contributed by atoms with Gasteiger partial charge in [0.2, 0.25) is 5.88 Å². The van der Waals surface area contributed by atoms with Gasteiger partial charge >= 0.3 is 5.95 Å². The molecule has 0 spiro atoms. The number of nitrogens with zero attached hydrogens (tertiary/aromatic N) is 8. The molecule has 2 fully saturated rings. The van der Waals surface area contributed by atoms with Gasteiger partial charge in [-0.3, -0.25) is 9.67 Å². The van der Waals surface area contributed by atoms with Crippen molar-refractivity contribution < 1.29 is 23.5 Å². The second-order valence-electron chi connectivity index (χ2n) is 9.96. The smallest absolute Gasteiger partial charge is 0.434 e. The highest BCUT2D eigenvalue weighted by Crippen LogP contribution is 2.35. The van der Waals surface area contributed by atoms with Gasteiger partial charge in [0.1, 0.15) is 30.5 Å². The van der Waals surface area contributed by atoms with Gasteiger partial charge in [-0.15, -0.1) is 0 Å². The quantitative estimate of drug-likeness (QED) is 0.236. The van der Waals surface area contributed by atoms with Gasteiger partial charge in [-0.1, -0.05) is 4.98 Å². The number of rotatable bonds is 8. The Bertz CT molecular complexity index is 1510. The maximum absolute atomic E-state index is 13.4. The zero-order chi connectivity index (χ0) is 27.6. The van der Waals surface area contributed by atoms with Crippen LogP contribution in [-0.2, 0) is 18.4 Å². The van der Waals surface area contributed by atoms with Crippen LogP contribution in [0.15, 0.2) is 36.9 Å². The van der Waals surface area contributed by atoms with E-state index >= 15 is 0 Å². The normalized spacial score (nSPS) is 19.6. The molecule has 1 aliphatic carbocycles. The summed E-state index contributed by atoms with van der Waals surface area (Å²) < 4.78 is 34.5. The molecule has 0 amide bonds. The number of hydrogen-bond acceptors (Lipinski definition) is 10. The highest BCUT2D eigenvalue weighted by molar-refractivity contribution is 5.87. The van der Waals surface area contributed by atoms with Crippen LogP contribution in [-0.4, -0.2) is 66.6 Å². The number of anilines is 1. The summed E-state index contributed by atoms with van der Waals surface area (Å²) in [6.45, 7) is 2.78. The summed E-state index contributed by atoms with van der Waals surface area (Å²) in [7, 11) is 1.57. The van der Waals surface area contributed by atoms with Crippen molar-refractivity contribution in [3.05, 3.63) is 58.5 Å². The molecule has 0 radical (unpaired) electrons. The lowest BCUT2D eigenvalue weighted by Crippen LogP contribution is -2.36. The monoisotopic (exact) mass is 552 g/mol. The van der Waals surface area contributed by atoms with Crippen molar-refractivity contribution >= 4 is 22.7 Å². The fourth-order valence-electron chi connectivity index (χ4n) is 5.18. The average molecular weight is 553 g/mol. The maximum Gasteiger partial charge on any atom is 0.434 e. The van der Waals surface area contributed by atoms with E-state index in [4.69, 9.17) is 19.2 Å². The summed E-state index contributed by atoms with van der Waals surface area (Å²) in [5, 5.41) is 15.9. The number of hydrogen-bond donors (Lipinski definition) is 0. The first kappa shape index (κ1) is 25.9. The van der Waals surface area contributed by atoms with Crippen LogP contribution >= 0.6 is 0 Å². The van der Waals surface area contributed by atoms with Crippen LogP contribution in [0.1, 0.15) is 37.4 Å². The van der Waals surface area contributed by atoms with E-state index in [0.717, 1.165) is 50.1 Å². The molecule has 0 aromatic carbocycles. The zero-order valence-electron chi connectivity index (χ0n) is 22.0. The van der Waals surface area contributed by atoms with Crippen molar-refractivity contribution in [2.75, 3.05) is 31.2 Å². The number of nitro groups is 1. The molecular weight excluding hydrogens is 523 g/mol. The Kier molecular flexibility index (Phi) is 7.15. The van der Waals surface area contributed by atoms with E-state index in [-0.39, 0.29) is 30.5 Å². The Morgan fingerprint density at radius 1 is 1.12 bits per heavy atom. The molecule has 14 heteroatoms. The van der Waals surface area contributed by atoms with Gasteiger partial charge in [-0.2, -0.15) is 10.1 Å². The lowest BCUT2D eigenvalue weighted by Gasteiger charge is -2.30. The number of pyridine rings is 2. The number of imidazole rings is 1. The lowest BCUT2D eigenvalue weighted by molar-refractivity contribution is -0.396. The van der Waals surface area contributed by atoms with Gasteiger partial charge in [0.25, 0.3) is 0 Å². The Labute approximate surface area is 228 Å². The van der Waals surface area contributed by atoms with Crippen LogP contribution in [0.25, 0.3) is 10.9 Å². The van der Waals surface area contributed by atoms with Gasteiger partial charge < -0.3 is 29.2 Å².